The molecular formula is C30H36N10. The van der Waals surface area contributed by atoms with Crippen LogP contribution in [0.3, 0.4) is 0 Å². The van der Waals surface area contributed by atoms with E-state index in [9.17, 15) is 5.26 Å². The molecular weight excluding hydrogens is 500 g/mol. The lowest BCUT2D eigenvalue weighted by atomic mass is 10.00. The molecule has 1 aliphatic heterocycles. The van der Waals surface area contributed by atoms with Crippen LogP contribution in [0.4, 0.5) is 17.5 Å². The molecule has 2 aromatic carbocycles. The number of benzene rings is 2. The first-order valence-corrected chi connectivity index (χ1v) is 13.7. The summed E-state index contributed by atoms with van der Waals surface area (Å²) in [5.41, 5.74) is 2.68. The number of pyridine rings is 1. The molecule has 0 aliphatic carbocycles. The molecule has 0 bridgehead atoms. The topological polar surface area (TPSA) is 109 Å². The fraction of sp³-hybridized carbons (Fsp3) is 0.367. The number of guanidine groups is 1. The van der Waals surface area contributed by atoms with E-state index in [2.05, 4.69) is 69.3 Å². The highest BCUT2D eigenvalue weighted by molar-refractivity contribution is 6.02. The number of rotatable bonds is 7. The maximum atomic E-state index is 9.59. The van der Waals surface area contributed by atoms with Crippen molar-refractivity contribution in [2.24, 2.45) is 10.9 Å². The van der Waals surface area contributed by atoms with Gasteiger partial charge >= 0.3 is 0 Å². The van der Waals surface area contributed by atoms with E-state index >= 15 is 0 Å². The minimum absolute atomic E-state index is 0.0849. The number of nitrogens with zero attached hydrogens (tertiary/aromatic N) is 8. The quantitative estimate of drug-likeness (QED) is 0.204. The summed E-state index contributed by atoms with van der Waals surface area (Å²) >= 11 is 0. The van der Waals surface area contributed by atoms with Crippen molar-refractivity contribution in [2.75, 3.05) is 62.4 Å². The maximum absolute atomic E-state index is 9.59. The third-order valence-corrected chi connectivity index (χ3v) is 7.23. The molecule has 0 saturated carbocycles. The first kappa shape index (κ1) is 27.1. The van der Waals surface area contributed by atoms with Gasteiger partial charge in [-0.3, -0.25) is 4.98 Å². The summed E-state index contributed by atoms with van der Waals surface area (Å²) in [6.07, 6.45) is 3.79. The van der Waals surface area contributed by atoms with Crippen LogP contribution in [0, 0.1) is 17.4 Å². The Kier molecular flexibility index (Phi) is 8.22. The van der Waals surface area contributed by atoms with Crippen molar-refractivity contribution < 1.29 is 0 Å². The molecule has 10 heteroatoms. The van der Waals surface area contributed by atoms with Gasteiger partial charge in [0.05, 0.1) is 22.8 Å². The fourth-order valence-electron chi connectivity index (χ4n) is 5.11. The third-order valence-electron chi connectivity index (χ3n) is 7.23. The molecule has 1 unspecified atom stereocenters. The number of fused-ring (bicyclic) bond motifs is 2. The van der Waals surface area contributed by atoms with Gasteiger partial charge in [-0.1, -0.05) is 32.0 Å². The Hall–Kier alpha value is -4.49. The first-order valence-electron chi connectivity index (χ1n) is 13.7. The number of aliphatic imine (C=N–C) groups is 1. The Bertz CT molecular complexity index is 1540. The number of aromatic nitrogens is 3. The van der Waals surface area contributed by atoms with Crippen LogP contribution in [0.2, 0.25) is 0 Å². The zero-order chi connectivity index (χ0) is 28.1. The Morgan fingerprint density at radius 2 is 1.85 bits per heavy atom. The van der Waals surface area contributed by atoms with E-state index in [4.69, 9.17) is 9.97 Å². The summed E-state index contributed by atoms with van der Waals surface area (Å²) in [6, 6.07) is 18.1. The third kappa shape index (κ3) is 5.90. The van der Waals surface area contributed by atoms with Crippen LogP contribution >= 0.6 is 0 Å². The monoisotopic (exact) mass is 536 g/mol. The van der Waals surface area contributed by atoms with Crippen LogP contribution in [0.1, 0.15) is 13.8 Å². The van der Waals surface area contributed by atoms with Crippen LogP contribution in [-0.2, 0) is 0 Å². The summed E-state index contributed by atoms with van der Waals surface area (Å²) in [5, 5.41) is 18.6. The van der Waals surface area contributed by atoms with Crippen molar-refractivity contribution in [3.63, 3.8) is 0 Å². The Balaban J connectivity index is 1.42. The van der Waals surface area contributed by atoms with Crippen LogP contribution < -0.4 is 15.5 Å². The smallest absolute Gasteiger partial charge is 0.228 e. The lowest BCUT2D eigenvalue weighted by Gasteiger charge is -2.44. The minimum atomic E-state index is 0.0849. The van der Waals surface area contributed by atoms with Crippen LogP contribution in [0.25, 0.3) is 21.8 Å². The van der Waals surface area contributed by atoms with Gasteiger partial charge in [-0.05, 0) is 56.4 Å². The summed E-state index contributed by atoms with van der Waals surface area (Å²) in [5.74, 6) is 2.40. The van der Waals surface area contributed by atoms with Gasteiger partial charge < -0.3 is 25.3 Å². The lowest BCUT2D eigenvalue weighted by molar-refractivity contribution is 0.223. The number of likely N-dealkylation sites (N-methyl/N-ethyl adjacent to an activating group) is 1. The molecule has 2 aromatic heterocycles. The number of hydrogen-bond acceptors (Lipinski definition) is 8. The number of hydrogen-bond donors (Lipinski definition) is 2. The molecule has 0 radical (unpaired) electrons. The molecule has 2 N–H and O–H groups in total. The average Bonchev–Trinajstić information content (AvgIpc) is 2.96. The molecule has 3 heterocycles. The zero-order valence-electron chi connectivity index (χ0n) is 23.5. The van der Waals surface area contributed by atoms with Gasteiger partial charge in [0, 0.05) is 49.7 Å². The second kappa shape index (κ2) is 12.1. The van der Waals surface area contributed by atoms with Crippen molar-refractivity contribution in [1.29, 1.82) is 5.26 Å². The molecule has 1 saturated heterocycles. The lowest BCUT2D eigenvalue weighted by Crippen LogP contribution is -2.59. The predicted molar refractivity (Wildman–Crippen MR) is 163 cm³/mol. The Labute approximate surface area is 235 Å². The number of para-hydroxylation sites is 1. The first-order chi connectivity index (χ1) is 19.4. The van der Waals surface area contributed by atoms with Gasteiger partial charge in [0.1, 0.15) is 5.82 Å². The molecule has 1 atom stereocenters. The molecule has 0 amide bonds. The van der Waals surface area contributed by atoms with E-state index in [0.717, 1.165) is 46.4 Å². The van der Waals surface area contributed by atoms with E-state index in [0.29, 0.717) is 37.5 Å². The predicted octanol–water partition coefficient (Wildman–Crippen LogP) is 4.25. The molecule has 40 heavy (non-hydrogen) atoms. The van der Waals surface area contributed by atoms with Gasteiger partial charge in [-0.25, -0.2) is 4.98 Å². The fourth-order valence-corrected chi connectivity index (χ4v) is 5.11. The van der Waals surface area contributed by atoms with E-state index in [1.54, 1.807) is 6.20 Å². The number of nitriles is 1. The van der Waals surface area contributed by atoms with Gasteiger partial charge in [0.15, 0.2) is 0 Å². The SMILES string of the molecule is CC(C)C1CN(c2nc(NCCN(C)C)c3ccccc3n2)CCN1/C(=N\C#N)Nc1cccc2ncccc12. The normalized spacial score (nSPS) is 16.1. The zero-order valence-corrected chi connectivity index (χ0v) is 23.5. The maximum Gasteiger partial charge on any atom is 0.228 e. The Morgan fingerprint density at radius 3 is 2.65 bits per heavy atom. The highest BCUT2D eigenvalue weighted by Crippen LogP contribution is 2.28. The second-order valence-electron chi connectivity index (χ2n) is 10.6. The standard InChI is InChI=1S/C30H36N10/c1-21(2)27-19-39(30-36-26-11-6-5-9-23(26)28(37-30)33-15-16-38(3)4)17-18-40(27)29(34-20-31)35-25-13-7-12-24-22(25)10-8-14-32-24/h5-14,21,27H,15-19H2,1-4H3,(H,34,35)(H,33,36,37). The van der Waals surface area contributed by atoms with Crippen molar-refractivity contribution in [1.82, 2.24) is 24.8 Å². The number of piperazine rings is 1. The summed E-state index contributed by atoms with van der Waals surface area (Å²) in [4.78, 5) is 25.2. The van der Waals surface area contributed by atoms with Crippen molar-refractivity contribution >= 4 is 45.2 Å². The molecule has 0 spiro atoms. The number of anilines is 3. The molecule has 206 valence electrons. The van der Waals surface area contributed by atoms with Gasteiger partial charge in [0.2, 0.25) is 18.1 Å². The molecule has 5 rings (SSSR count). The van der Waals surface area contributed by atoms with Crippen molar-refractivity contribution in [2.45, 2.75) is 19.9 Å². The summed E-state index contributed by atoms with van der Waals surface area (Å²) in [6.45, 7) is 8.16. The van der Waals surface area contributed by atoms with Gasteiger partial charge in [-0.15, -0.1) is 4.99 Å². The van der Waals surface area contributed by atoms with Crippen LogP contribution in [0.15, 0.2) is 65.8 Å². The van der Waals surface area contributed by atoms with Gasteiger partial charge in [-0.2, -0.15) is 10.2 Å². The second-order valence-corrected chi connectivity index (χ2v) is 10.6. The van der Waals surface area contributed by atoms with Crippen LogP contribution in [-0.4, -0.2) is 83.6 Å². The Morgan fingerprint density at radius 1 is 1.05 bits per heavy atom. The molecule has 1 fully saturated rings. The van der Waals surface area contributed by atoms with E-state index in [1.807, 2.05) is 54.7 Å². The van der Waals surface area contributed by atoms with E-state index < -0.39 is 0 Å². The average molecular weight is 537 g/mol. The minimum Gasteiger partial charge on any atom is -0.368 e. The van der Waals surface area contributed by atoms with Crippen molar-refractivity contribution in [3.05, 3.63) is 60.8 Å². The molecule has 4 aromatic rings. The largest absolute Gasteiger partial charge is 0.368 e. The van der Waals surface area contributed by atoms with Crippen LogP contribution in [0.5, 0.6) is 0 Å². The van der Waals surface area contributed by atoms with Crippen molar-refractivity contribution in [3.8, 4) is 6.19 Å². The number of nitrogens with one attached hydrogen (secondary N) is 2. The highest BCUT2D eigenvalue weighted by Gasteiger charge is 2.33. The summed E-state index contributed by atoms with van der Waals surface area (Å²) in [7, 11) is 4.12. The highest BCUT2D eigenvalue weighted by atomic mass is 15.4. The summed E-state index contributed by atoms with van der Waals surface area (Å²) < 4.78 is 0. The molecule has 1 aliphatic rings. The molecule has 10 nitrogen and oxygen atoms in total. The van der Waals surface area contributed by atoms with E-state index in [-0.39, 0.29) is 6.04 Å². The van der Waals surface area contributed by atoms with E-state index in [1.165, 1.54) is 0 Å². The van der Waals surface area contributed by atoms with Gasteiger partial charge in [0.25, 0.3) is 0 Å².